The van der Waals surface area contributed by atoms with Crippen LogP contribution in [0, 0.1) is 6.92 Å². The van der Waals surface area contributed by atoms with Crippen molar-refractivity contribution in [2.24, 2.45) is 0 Å². The topological polar surface area (TPSA) is 17.1 Å². The fraction of sp³-hybridized carbons (Fsp3) is 0.364. The SMILES string of the molecule is Cc1cccc(CBr)c1C(=O)C(C)Cl. The van der Waals surface area contributed by atoms with Crippen LogP contribution >= 0.6 is 27.5 Å². The van der Waals surface area contributed by atoms with Gasteiger partial charge in [-0.1, -0.05) is 34.1 Å². The third-order valence-corrected chi connectivity index (χ3v) is 2.91. The Labute approximate surface area is 97.6 Å². The molecule has 14 heavy (non-hydrogen) atoms. The zero-order valence-electron chi connectivity index (χ0n) is 8.18. The molecule has 0 aromatic heterocycles. The molecule has 0 amide bonds. The predicted molar refractivity (Wildman–Crippen MR) is 63.5 cm³/mol. The summed E-state index contributed by atoms with van der Waals surface area (Å²) < 4.78 is 0. The van der Waals surface area contributed by atoms with E-state index in [0.29, 0.717) is 5.33 Å². The van der Waals surface area contributed by atoms with Gasteiger partial charge in [0.05, 0.1) is 5.38 Å². The Hall–Kier alpha value is -0.340. The summed E-state index contributed by atoms with van der Waals surface area (Å²) in [6.45, 7) is 3.63. The Morgan fingerprint density at radius 3 is 2.71 bits per heavy atom. The molecule has 0 aliphatic heterocycles. The van der Waals surface area contributed by atoms with E-state index in [-0.39, 0.29) is 5.78 Å². The minimum atomic E-state index is -0.464. The molecule has 1 aromatic carbocycles. The zero-order chi connectivity index (χ0) is 10.7. The largest absolute Gasteiger partial charge is 0.292 e. The van der Waals surface area contributed by atoms with Gasteiger partial charge in [-0.3, -0.25) is 4.79 Å². The molecule has 1 unspecified atom stereocenters. The zero-order valence-corrected chi connectivity index (χ0v) is 10.5. The molecule has 0 radical (unpaired) electrons. The van der Waals surface area contributed by atoms with Gasteiger partial charge in [-0.2, -0.15) is 0 Å². The van der Waals surface area contributed by atoms with Crippen LogP contribution in [-0.4, -0.2) is 11.2 Å². The van der Waals surface area contributed by atoms with Crippen LogP contribution in [0.1, 0.15) is 28.4 Å². The van der Waals surface area contributed by atoms with Gasteiger partial charge in [0.25, 0.3) is 0 Å². The molecule has 0 heterocycles. The highest BCUT2D eigenvalue weighted by molar-refractivity contribution is 9.08. The number of rotatable bonds is 3. The molecular weight excluding hydrogens is 263 g/mol. The van der Waals surface area contributed by atoms with Crippen LogP contribution in [-0.2, 0) is 5.33 Å². The van der Waals surface area contributed by atoms with Crippen molar-refractivity contribution in [3.8, 4) is 0 Å². The molecule has 0 bridgehead atoms. The van der Waals surface area contributed by atoms with Gasteiger partial charge in [-0.15, -0.1) is 11.6 Å². The molecule has 0 saturated heterocycles. The summed E-state index contributed by atoms with van der Waals surface area (Å²) >= 11 is 9.16. The van der Waals surface area contributed by atoms with Crippen LogP contribution in [0.4, 0.5) is 0 Å². The summed E-state index contributed by atoms with van der Waals surface area (Å²) in [6, 6.07) is 5.81. The van der Waals surface area contributed by atoms with Gasteiger partial charge in [0.15, 0.2) is 5.78 Å². The van der Waals surface area contributed by atoms with Crippen LogP contribution in [0.2, 0.25) is 0 Å². The molecule has 76 valence electrons. The van der Waals surface area contributed by atoms with Gasteiger partial charge in [-0.25, -0.2) is 0 Å². The van der Waals surface area contributed by atoms with Crippen LogP contribution in [0.15, 0.2) is 18.2 Å². The number of alkyl halides is 2. The first-order valence-corrected chi connectivity index (χ1v) is 5.96. The number of Topliss-reactive ketones (excluding diaryl/α,β-unsaturated/α-hetero) is 1. The van der Waals surface area contributed by atoms with Crippen molar-refractivity contribution in [1.82, 2.24) is 0 Å². The molecule has 3 heteroatoms. The van der Waals surface area contributed by atoms with Crippen LogP contribution in [0.3, 0.4) is 0 Å². The second-order valence-corrected chi connectivity index (χ2v) is 4.44. The van der Waals surface area contributed by atoms with E-state index >= 15 is 0 Å². The molecule has 0 saturated carbocycles. The smallest absolute Gasteiger partial charge is 0.180 e. The average Bonchev–Trinajstić information content (AvgIpc) is 2.16. The first kappa shape index (κ1) is 11.7. The second-order valence-electron chi connectivity index (χ2n) is 3.22. The van der Waals surface area contributed by atoms with E-state index in [1.807, 2.05) is 25.1 Å². The van der Waals surface area contributed by atoms with Crippen molar-refractivity contribution in [3.63, 3.8) is 0 Å². The molecule has 1 atom stereocenters. The fourth-order valence-corrected chi connectivity index (χ4v) is 1.97. The maximum absolute atomic E-state index is 11.8. The lowest BCUT2D eigenvalue weighted by Gasteiger charge is -2.10. The summed E-state index contributed by atoms with van der Waals surface area (Å²) in [7, 11) is 0. The van der Waals surface area contributed by atoms with E-state index < -0.39 is 5.38 Å². The number of aryl methyl sites for hydroxylation is 1. The van der Waals surface area contributed by atoms with Crippen LogP contribution < -0.4 is 0 Å². The first-order chi connectivity index (χ1) is 6.57. The van der Waals surface area contributed by atoms with Crippen molar-refractivity contribution in [2.75, 3.05) is 0 Å². The number of ketones is 1. The standard InChI is InChI=1S/C11H12BrClO/c1-7-4-3-5-9(6-12)10(7)11(14)8(2)13/h3-5,8H,6H2,1-2H3. The molecule has 0 fully saturated rings. The van der Waals surface area contributed by atoms with E-state index in [1.54, 1.807) is 6.92 Å². The molecule has 1 aromatic rings. The number of benzene rings is 1. The highest BCUT2D eigenvalue weighted by Crippen LogP contribution is 2.20. The summed E-state index contributed by atoms with van der Waals surface area (Å²) in [6.07, 6.45) is 0. The lowest BCUT2D eigenvalue weighted by Crippen LogP contribution is -2.14. The second kappa shape index (κ2) is 4.94. The van der Waals surface area contributed by atoms with Crippen molar-refractivity contribution >= 4 is 33.3 Å². The Kier molecular flexibility index (Phi) is 4.14. The highest BCUT2D eigenvalue weighted by Gasteiger charge is 2.17. The molecule has 0 N–H and O–H groups in total. The molecule has 0 spiro atoms. The normalized spacial score (nSPS) is 12.6. The monoisotopic (exact) mass is 274 g/mol. The number of carbonyl (C=O) groups excluding carboxylic acids is 1. The van der Waals surface area contributed by atoms with Crippen molar-refractivity contribution in [2.45, 2.75) is 24.6 Å². The van der Waals surface area contributed by atoms with Crippen molar-refractivity contribution in [1.29, 1.82) is 0 Å². The lowest BCUT2D eigenvalue weighted by molar-refractivity contribution is 0.0990. The Balaban J connectivity index is 3.23. The molecular formula is C11H12BrClO. The molecule has 1 rings (SSSR count). The van der Waals surface area contributed by atoms with Gasteiger partial charge in [0.1, 0.15) is 0 Å². The lowest BCUT2D eigenvalue weighted by atomic mass is 9.98. The van der Waals surface area contributed by atoms with Gasteiger partial charge in [0.2, 0.25) is 0 Å². The number of halogens is 2. The Morgan fingerprint density at radius 1 is 1.57 bits per heavy atom. The van der Waals surface area contributed by atoms with Gasteiger partial charge in [-0.05, 0) is 25.0 Å². The predicted octanol–water partition coefficient (Wildman–Crippen LogP) is 3.70. The van der Waals surface area contributed by atoms with Crippen molar-refractivity contribution < 1.29 is 4.79 Å². The minimum Gasteiger partial charge on any atom is -0.292 e. The van der Waals surface area contributed by atoms with E-state index in [1.165, 1.54) is 0 Å². The van der Waals surface area contributed by atoms with Gasteiger partial charge < -0.3 is 0 Å². The van der Waals surface area contributed by atoms with Gasteiger partial charge in [0, 0.05) is 10.9 Å². The maximum Gasteiger partial charge on any atom is 0.180 e. The first-order valence-electron chi connectivity index (χ1n) is 4.40. The Bertz CT molecular complexity index is 347. The van der Waals surface area contributed by atoms with E-state index in [0.717, 1.165) is 16.7 Å². The Morgan fingerprint density at radius 2 is 2.21 bits per heavy atom. The van der Waals surface area contributed by atoms with Crippen LogP contribution in [0.25, 0.3) is 0 Å². The minimum absolute atomic E-state index is 0.000725. The van der Waals surface area contributed by atoms with Gasteiger partial charge >= 0.3 is 0 Å². The summed E-state index contributed by atoms with van der Waals surface area (Å²) in [5.41, 5.74) is 2.74. The van der Waals surface area contributed by atoms with E-state index in [9.17, 15) is 4.79 Å². The fourth-order valence-electron chi connectivity index (χ4n) is 1.39. The van der Waals surface area contributed by atoms with E-state index in [2.05, 4.69) is 15.9 Å². The number of hydrogen-bond donors (Lipinski definition) is 0. The average molecular weight is 276 g/mol. The quantitative estimate of drug-likeness (QED) is 0.607. The summed E-state index contributed by atoms with van der Waals surface area (Å²) in [5, 5.41) is 0.216. The highest BCUT2D eigenvalue weighted by atomic mass is 79.9. The number of hydrogen-bond acceptors (Lipinski definition) is 1. The third-order valence-electron chi connectivity index (χ3n) is 2.11. The number of carbonyl (C=O) groups is 1. The third kappa shape index (κ3) is 2.37. The van der Waals surface area contributed by atoms with E-state index in [4.69, 9.17) is 11.6 Å². The van der Waals surface area contributed by atoms with Crippen LogP contribution in [0.5, 0.6) is 0 Å². The maximum atomic E-state index is 11.8. The summed E-state index contributed by atoms with van der Waals surface area (Å²) in [4.78, 5) is 11.8. The molecule has 1 nitrogen and oxygen atoms in total. The van der Waals surface area contributed by atoms with Crippen molar-refractivity contribution in [3.05, 3.63) is 34.9 Å². The molecule has 0 aliphatic rings. The summed E-state index contributed by atoms with van der Waals surface area (Å²) in [5.74, 6) is -0.000725. The molecule has 0 aliphatic carbocycles.